The van der Waals surface area contributed by atoms with Crippen LogP contribution in [0.4, 0.5) is 13.2 Å². The number of hydrogen-bond donors (Lipinski definition) is 2. The molecule has 0 aromatic rings. The molecule has 5 nitrogen and oxygen atoms in total. The number of aliphatic hydroxyl groups excluding tert-OH is 1. The highest BCUT2D eigenvalue weighted by molar-refractivity contribution is 5.82. The Morgan fingerprint density at radius 1 is 1.20 bits per heavy atom. The molecule has 2 amide bonds. The van der Waals surface area contributed by atoms with Gasteiger partial charge in [0.1, 0.15) is 6.54 Å². The van der Waals surface area contributed by atoms with E-state index in [0.717, 1.165) is 0 Å². The number of nitrogens with one attached hydrogen (secondary N) is 1. The second kappa shape index (κ2) is 7.47. The average Bonchev–Trinajstić information content (AvgIpc) is 2.25. The van der Waals surface area contributed by atoms with Gasteiger partial charge >= 0.3 is 6.18 Å². The Morgan fingerprint density at radius 3 is 2.15 bits per heavy atom. The minimum absolute atomic E-state index is 0.0330. The van der Waals surface area contributed by atoms with E-state index in [1.54, 1.807) is 20.8 Å². The number of carbonyl (C=O) groups excluding carboxylic acids is 2. The molecule has 0 aromatic heterocycles. The van der Waals surface area contributed by atoms with Gasteiger partial charge in [0.05, 0.1) is 6.61 Å². The van der Waals surface area contributed by atoms with Crippen molar-refractivity contribution in [2.75, 3.05) is 26.2 Å². The first-order valence-electron chi connectivity index (χ1n) is 6.21. The summed E-state index contributed by atoms with van der Waals surface area (Å²) in [6, 6.07) is 0. The van der Waals surface area contributed by atoms with Gasteiger partial charge in [0.25, 0.3) is 0 Å². The largest absolute Gasteiger partial charge is 0.406 e. The molecule has 0 aliphatic carbocycles. The van der Waals surface area contributed by atoms with Crippen molar-refractivity contribution in [3.8, 4) is 0 Å². The van der Waals surface area contributed by atoms with E-state index in [9.17, 15) is 22.8 Å². The summed E-state index contributed by atoms with van der Waals surface area (Å²) in [5, 5.41) is 11.2. The van der Waals surface area contributed by atoms with Gasteiger partial charge in [-0.3, -0.25) is 9.59 Å². The van der Waals surface area contributed by atoms with Crippen LogP contribution in [-0.4, -0.2) is 54.2 Å². The normalized spacial score (nSPS) is 12.2. The molecule has 8 heteroatoms. The molecule has 0 aliphatic rings. The minimum Gasteiger partial charge on any atom is -0.395 e. The number of hydrogen-bond acceptors (Lipinski definition) is 3. The van der Waals surface area contributed by atoms with Crippen LogP contribution in [0, 0.1) is 5.41 Å². The standard InChI is InChI=1S/C12H21F3N2O3/c1-11(2,3)10(20)16-5-4-9(19)17(6-7-18)8-12(13,14)15/h18H,4-8H2,1-3H3,(H,16,20). The van der Waals surface area contributed by atoms with Gasteiger partial charge in [-0.2, -0.15) is 13.2 Å². The summed E-state index contributed by atoms with van der Waals surface area (Å²) in [7, 11) is 0. The van der Waals surface area contributed by atoms with Crippen molar-refractivity contribution in [1.82, 2.24) is 10.2 Å². The molecule has 0 bridgehead atoms. The molecule has 2 N–H and O–H groups in total. The molecule has 0 rings (SSSR count). The number of aliphatic hydroxyl groups is 1. The first kappa shape index (κ1) is 18.7. The Morgan fingerprint density at radius 2 is 1.75 bits per heavy atom. The Kier molecular flexibility index (Phi) is 6.98. The van der Waals surface area contributed by atoms with Crippen molar-refractivity contribution in [1.29, 1.82) is 0 Å². The van der Waals surface area contributed by atoms with Crippen LogP contribution in [0.3, 0.4) is 0 Å². The molecule has 20 heavy (non-hydrogen) atoms. The molecule has 0 aliphatic heterocycles. The third-order valence-corrected chi connectivity index (χ3v) is 2.40. The first-order chi connectivity index (χ1) is 8.97. The Labute approximate surface area is 116 Å². The minimum atomic E-state index is -4.51. The molecule has 0 aromatic carbocycles. The fraction of sp³-hybridized carbons (Fsp3) is 0.833. The average molecular weight is 298 g/mol. The summed E-state index contributed by atoms with van der Waals surface area (Å²) in [6.07, 6.45) is -4.75. The van der Waals surface area contributed by atoms with Gasteiger partial charge < -0.3 is 15.3 Å². The summed E-state index contributed by atoms with van der Waals surface area (Å²) in [4.78, 5) is 23.7. The predicted molar refractivity (Wildman–Crippen MR) is 66.8 cm³/mol. The van der Waals surface area contributed by atoms with Crippen LogP contribution in [0.1, 0.15) is 27.2 Å². The molecule has 0 fully saturated rings. The highest BCUT2D eigenvalue weighted by Crippen LogP contribution is 2.17. The van der Waals surface area contributed by atoms with Crippen LogP contribution in [0.5, 0.6) is 0 Å². The molecule has 0 unspecified atom stereocenters. The zero-order chi connectivity index (χ0) is 16.0. The third kappa shape index (κ3) is 7.98. The Balaban J connectivity index is 4.31. The number of rotatable bonds is 6. The smallest absolute Gasteiger partial charge is 0.395 e. The van der Waals surface area contributed by atoms with E-state index < -0.39 is 30.7 Å². The molecule has 0 saturated carbocycles. The van der Waals surface area contributed by atoms with Crippen molar-refractivity contribution in [2.45, 2.75) is 33.4 Å². The van der Waals surface area contributed by atoms with E-state index in [4.69, 9.17) is 5.11 Å². The predicted octanol–water partition coefficient (Wildman–Crippen LogP) is 0.922. The van der Waals surface area contributed by atoms with Crippen molar-refractivity contribution in [3.63, 3.8) is 0 Å². The van der Waals surface area contributed by atoms with Gasteiger partial charge in [-0.1, -0.05) is 20.8 Å². The van der Waals surface area contributed by atoms with Crippen LogP contribution >= 0.6 is 0 Å². The summed E-state index contributed by atoms with van der Waals surface area (Å²) in [6.45, 7) is 2.69. The zero-order valence-corrected chi connectivity index (χ0v) is 11.9. The number of amides is 2. The molecule has 0 spiro atoms. The fourth-order valence-electron chi connectivity index (χ4n) is 1.34. The number of alkyl halides is 3. The monoisotopic (exact) mass is 298 g/mol. The maximum atomic E-state index is 12.3. The summed E-state index contributed by atoms with van der Waals surface area (Å²) in [5.41, 5.74) is -0.625. The Bertz CT molecular complexity index is 338. The lowest BCUT2D eigenvalue weighted by Crippen LogP contribution is -2.42. The van der Waals surface area contributed by atoms with Crippen LogP contribution < -0.4 is 5.32 Å². The van der Waals surface area contributed by atoms with Gasteiger partial charge in [-0.05, 0) is 0 Å². The molecular weight excluding hydrogens is 277 g/mol. The van der Waals surface area contributed by atoms with Crippen LogP contribution in [-0.2, 0) is 9.59 Å². The van der Waals surface area contributed by atoms with Crippen molar-refractivity contribution >= 4 is 11.8 Å². The van der Waals surface area contributed by atoms with Gasteiger partial charge in [-0.15, -0.1) is 0 Å². The zero-order valence-electron chi connectivity index (χ0n) is 11.9. The second-order valence-corrected chi connectivity index (χ2v) is 5.41. The lowest BCUT2D eigenvalue weighted by molar-refractivity contribution is -0.162. The summed E-state index contributed by atoms with van der Waals surface area (Å²) < 4.78 is 36.8. The third-order valence-electron chi connectivity index (χ3n) is 2.40. The number of halogens is 3. The van der Waals surface area contributed by atoms with Gasteiger partial charge in [0, 0.05) is 24.9 Å². The number of carbonyl (C=O) groups is 2. The van der Waals surface area contributed by atoms with Crippen LogP contribution in [0.15, 0.2) is 0 Å². The van der Waals surface area contributed by atoms with E-state index in [2.05, 4.69) is 5.32 Å². The van der Waals surface area contributed by atoms with Gasteiger partial charge in [-0.25, -0.2) is 0 Å². The topological polar surface area (TPSA) is 69.6 Å². The van der Waals surface area contributed by atoms with E-state index in [1.165, 1.54) is 0 Å². The highest BCUT2D eigenvalue weighted by Gasteiger charge is 2.32. The highest BCUT2D eigenvalue weighted by atomic mass is 19.4. The van der Waals surface area contributed by atoms with Crippen LogP contribution in [0.25, 0.3) is 0 Å². The van der Waals surface area contributed by atoms with Gasteiger partial charge in [0.15, 0.2) is 0 Å². The molecular formula is C12H21F3N2O3. The maximum absolute atomic E-state index is 12.3. The number of nitrogens with zero attached hydrogens (tertiary/aromatic N) is 1. The molecule has 0 saturated heterocycles. The van der Waals surface area contributed by atoms with Crippen LogP contribution in [0.2, 0.25) is 0 Å². The lowest BCUT2D eigenvalue weighted by Gasteiger charge is -2.23. The molecule has 0 radical (unpaired) electrons. The van der Waals surface area contributed by atoms with Crippen molar-refractivity contribution in [3.05, 3.63) is 0 Å². The Hall–Kier alpha value is -1.31. The fourth-order valence-corrected chi connectivity index (χ4v) is 1.34. The summed E-state index contributed by atoms with van der Waals surface area (Å²) in [5.74, 6) is -1.04. The van der Waals surface area contributed by atoms with E-state index in [0.29, 0.717) is 4.90 Å². The van der Waals surface area contributed by atoms with E-state index >= 15 is 0 Å². The SMILES string of the molecule is CC(C)(C)C(=O)NCCC(=O)N(CCO)CC(F)(F)F. The summed E-state index contributed by atoms with van der Waals surface area (Å²) >= 11 is 0. The first-order valence-corrected chi connectivity index (χ1v) is 6.21. The molecule has 0 heterocycles. The van der Waals surface area contributed by atoms with E-state index in [1.807, 2.05) is 0 Å². The van der Waals surface area contributed by atoms with E-state index in [-0.39, 0.29) is 25.4 Å². The quantitative estimate of drug-likeness (QED) is 0.766. The lowest BCUT2D eigenvalue weighted by atomic mass is 9.96. The maximum Gasteiger partial charge on any atom is 0.406 e. The molecule has 0 atom stereocenters. The van der Waals surface area contributed by atoms with Gasteiger partial charge in [0.2, 0.25) is 11.8 Å². The van der Waals surface area contributed by atoms with Crippen molar-refractivity contribution in [2.24, 2.45) is 5.41 Å². The van der Waals surface area contributed by atoms with Crippen molar-refractivity contribution < 1.29 is 27.9 Å². The second-order valence-electron chi connectivity index (χ2n) is 5.41. The molecule has 118 valence electrons.